The molecule has 1 heterocycles. The van der Waals surface area contributed by atoms with Gasteiger partial charge < -0.3 is 4.74 Å². The zero-order valence-electron chi connectivity index (χ0n) is 14.4. The minimum atomic E-state index is -0.0704. The van der Waals surface area contributed by atoms with Crippen molar-refractivity contribution in [2.75, 3.05) is 6.61 Å². The van der Waals surface area contributed by atoms with E-state index in [4.69, 9.17) is 4.74 Å². The maximum absolute atomic E-state index is 5.85. The van der Waals surface area contributed by atoms with Crippen LogP contribution in [0.3, 0.4) is 0 Å². The maximum atomic E-state index is 5.85. The summed E-state index contributed by atoms with van der Waals surface area (Å²) in [7, 11) is 0. The summed E-state index contributed by atoms with van der Waals surface area (Å²) in [4.78, 5) is 0. The number of rotatable bonds is 5. The molecule has 0 aliphatic carbocycles. The average molecular weight is 302 g/mol. The van der Waals surface area contributed by atoms with E-state index in [0.29, 0.717) is 19.1 Å². The number of hydrogen-bond donors (Lipinski definition) is 0. The highest BCUT2D eigenvalue weighted by molar-refractivity contribution is 5.36. The molecule has 0 unspecified atom stereocenters. The monoisotopic (exact) mass is 302 g/mol. The molecule has 0 spiro atoms. The summed E-state index contributed by atoms with van der Waals surface area (Å²) in [6.45, 7) is 14.0. The molecule has 1 aromatic heterocycles. The van der Waals surface area contributed by atoms with E-state index >= 15 is 0 Å². The predicted octanol–water partition coefficient (Wildman–Crippen LogP) is 3.48. The number of aryl methyl sites for hydroxylation is 1. The Balaban J connectivity index is 1.98. The average Bonchev–Trinajstić information content (AvgIpc) is 2.86. The number of hydrogen-bond acceptors (Lipinski definition) is 4. The summed E-state index contributed by atoms with van der Waals surface area (Å²) in [6.07, 6.45) is 0. The molecule has 0 fully saturated rings. The van der Waals surface area contributed by atoms with Gasteiger partial charge in [-0.3, -0.25) is 0 Å². The van der Waals surface area contributed by atoms with Crippen LogP contribution in [0.15, 0.2) is 18.2 Å². The topological polar surface area (TPSA) is 52.8 Å². The molecule has 0 N–H and O–H groups in total. The lowest BCUT2D eigenvalue weighted by Crippen LogP contribution is -2.22. The van der Waals surface area contributed by atoms with Crippen LogP contribution in [0.1, 0.15) is 57.5 Å². The molecule has 5 nitrogen and oxygen atoms in total. The molecule has 0 aliphatic heterocycles. The lowest BCUT2D eigenvalue weighted by Gasteiger charge is -2.17. The predicted molar refractivity (Wildman–Crippen MR) is 87.3 cm³/mol. The molecule has 1 aromatic carbocycles. The van der Waals surface area contributed by atoms with E-state index in [1.54, 1.807) is 0 Å². The van der Waals surface area contributed by atoms with E-state index in [0.717, 1.165) is 11.6 Å². The molecule has 0 amide bonds. The lowest BCUT2D eigenvalue weighted by atomic mass is 9.96. The second kappa shape index (κ2) is 6.46. The van der Waals surface area contributed by atoms with Gasteiger partial charge in [0.15, 0.2) is 5.82 Å². The van der Waals surface area contributed by atoms with Gasteiger partial charge in [0.25, 0.3) is 0 Å². The fourth-order valence-corrected chi connectivity index (χ4v) is 2.53. The van der Waals surface area contributed by atoms with Crippen LogP contribution in [-0.4, -0.2) is 26.8 Å². The highest BCUT2D eigenvalue weighted by atomic mass is 16.5. The normalized spacial score (nSPS) is 12.0. The highest BCUT2D eigenvalue weighted by Gasteiger charge is 2.21. The molecular weight excluding hydrogens is 276 g/mol. The zero-order chi connectivity index (χ0) is 16.3. The van der Waals surface area contributed by atoms with Crippen molar-refractivity contribution in [3.05, 3.63) is 35.2 Å². The first-order valence-electron chi connectivity index (χ1n) is 7.79. The molecule has 0 atom stereocenters. The van der Waals surface area contributed by atoms with Gasteiger partial charge in [0.05, 0.1) is 6.54 Å². The zero-order valence-corrected chi connectivity index (χ0v) is 14.4. The fraction of sp³-hybridized carbons (Fsp3) is 0.588. The fourth-order valence-electron chi connectivity index (χ4n) is 2.53. The summed E-state index contributed by atoms with van der Waals surface area (Å²) >= 11 is 0. The van der Waals surface area contributed by atoms with Crippen LogP contribution in [0.5, 0.6) is 5.75 Å². The third kappa shape index (κ3) is 3.84. The molecular formula is C17H26N4O. The Morgan fingerprint density at radius 3 is 2.55 bits per heavy atom. The molecule has 2 aromatic rings. The molecule has 22 heavy (non-hydrogen) atoms. The third-order valence-corrected chi connectivity index (χ3v) is 3.64. The third-order valence-electron chi connectivity index (χ3n) is 3.64. The van der Waals surface area contributed by atoms with Gasteiger partial charge in [-0.15, -0.1) is 5.10 Å². The van der Waals surface area contributed by atoms with Crippen LogP contribution in [0.25, 0.3) is 0 Å². The Morgan fingerprint density at radius 1 is 1.23 bits per heavy atom. The van der Waals surface area contributed by atoms with Gasteiger partial charge in [-0.25, -0.2) is 4.68 Å². The Morgan fingerprint density at radius 2 is 1.95 bits per heavy atom. The van der Waals surface area contributed by atoms with Gasteiger partial charge >= 0.3 is 0 Å². The quantitative estimate of drug-likeness (QED) is 0.848. The lowest BCUT2D eigenvalue weighted by molar-refractivity contribution is 0.283. The Hall–Kier alpha value is -1.91. The molecule has 0 saturated carbocycles. The second-order valence-electron chi connectivity index (χ2n) is 7.00. The van der Waals surface area contributed by atoms with Crippen molar-refractivity contribution < 1.29 is 4.74 Å². The van der Waals surface area contributed by atoms with E-state index in [-0.39, 0.29) is 5.41 Å². The minimum Gasteiger partial charge on any atom is -0.492 e. The Kier molecular flexibility index (Phi) is 4.84. The van der Waals surface area contributed by atoms with Crippen LogP contribution in [-0.2, 0) is 12.0 Å². The summed E-state index contributed by atoms with van der Waals surface area (Å²) in [6, 6.07) is 6.28. The van der Waals surface area contributed by atoms with Gasteiger partial charge in [-0.05, 0) is 46.5 Å². The van der Waals surface area contributed by atoms with Gasteiger partial charge in [-0.2, -0.15) is 0 Å². The summed E-state index contributed by atoms with van der Waals surface area (Å²) in [5.74, 6) is 2.30. The largest absolute Gasteiger partial charge is 0.492 e. The van der Waals surface area contributed by atoms with Crippen LogP contribution in [0, 0.1) is 6.92 Å². The second-order valence-corrected chi connectivity index (χ2v) is 7.00. The van der Waals surface area contributed by atoms with E-state index in [1.165, 1.54) is 11.1 Å². The number of ether oxygens (including phenoxy) is 1. The first kappa shape index (κ1) is 16.5. The van der Waals surface area contributed by atoms with Gasteiger partial charge in [0, 0.05) is 5.41 Å². The van der Waals surface area contributed by atoms with Crippen molar-refractivity contribution in [1.29, 1.82) is 0 Å². The standard InChI is InChI=1S/C17H26N4O/c1-12(2)15-8-7-14(11-13(15)3)22-10-9-21-16(17(4,5)6)18-19-20-21/h7-8,11-12H,9-10H2,1-6H3. The molecule has 0 saturated heterocycles. The van der Waals surface area contributed by atoms with Crippen LogP contribution >= 0.6 is 0 Å². The SMILES string of the molecule is Cc1cc(OCCn2nnnc2C(C)(C)C)ccc1C(C)C. The van der Waals surface area contributed by atoms with Gasteiger partial charge in [0.2, 0.25) is 0 Å². The summed E-state index contributed by atoms with van der Waals surface area (Å²) < 4.78 is 7.66. The number of nitrogens with zero attached hydrogens (tertiary/aromatic N) is 4. The highest BCUT2D eigenvalue weighted by Crippen LogP contribution is 2.23. The van der Waals surface area contributed by atoms with Crippen molar-refractivity contribution >= 4 is 0 Å². The molecule has 120 valence electrons. The van der Waals surface area contributed by atoms with Crippen LogP contribution in [0.4, 0.5) is 0 Å². The van der Waals surface area contributed by atoms with Crippen LogP contribution in [0.2, 0.25) is 0 Å². The number of aromatic nitrogens is 4. The Labute approximate surface area is 132 Å². The van der Waals surface area contributed by atoms with E-state index in [1.807, 2.05) is 10.7 Å². The van der Waals surface area contributed by atoms with Gasteiger partial charge in [-0.1, -0.05) is 40.7 Å². The van der Waals surface area contributed by atoms with Crippen molar-refractivity contribution in [1.82, 2.24) is 20.2 Å². The van der Waals surface area contributed by atoms with E-state index in [9.17, 15) is 0 Å². The Bertz CT molecular complexity index is 626. The molecule has 5 heteroatoms. The van der Waals surface area contributed by atoms with Crippen molar-refractivity contribution in [2.45, 2.75) is 59.4 Å². The van der Waals surface area contributed by atoms with Crippen molar-refractivity contribution in [3.8, 4) is 5.75 Å². The molecule has 2 rings (SSSR count). The minimum absolute atomic E-state index is 0.0704. The van der Waals surface area contributed by atoms with E-state index < -0.39 is 0 Å². The first-order valence-corrected chi connectivity index (χ1v) is 7.79. The molecule has 0 bridgehead atoms. The van der Waals surface area contributed by atoms with E-state index in [2.05, 4.69) is 69.2 Å². The number of benzene rings is 1. The number of tetrazole rings is 1. The van der Waals surface area contributed by atoms with Crippen molar-refractivity contribution in [2.24, 2.45) is 0 Å². The molecule has 0 aliphatic rings. The maximum Gasteiger partial charge on any atom is 0.156 e. The molecule has 0 radical (unpaired) electrons. The first-order chi connectivity index (χ1) is 10.3. The summed E-state index contributed by atoms with van der Waals surface area (Å²) in [5, 5.41) is 11.9. The van der Waals surface area contributed by atoms with Crippen LogP contribution < -0.4 is 4.74 Å². The van der Waals surface area contributed by atoms with Crippen molar-refractivity contribution in [3.63, 3.8) is 0 Å². The van der Waals surface area contributed by atoms with Gasteiger partial charge in [0.1, 0.15) is 12.4 Å². The smallest absolute Gasteiger partial charge is 0.156 e. The summed E-state index contributed by atoms with van der Waals surface area (Å²) in [5.41, 5.74) is 2.56.